The molecule has 142 valence electrons. The zero-order valence-corrected chi connectivity index (χ0v) is 15.7. The lowest BCUT2D eigenvalue weighted by Crippen LogP contribution is -2.49. The average Bonchev–Trinajstić information content (AvgIpc) is 2.58. The molecular formula is C18H28O6S. The van der Waals surface area contributed by atoms with Crippen LogP contribution in [-0.2, 0) is 23.8 Å². The Hall–Kier alpha value is -0.990. The molecule has 1 heterocycles. The Morgan fingerprint density at radius 2 is 1.96 bits per heavy atom. The van der Waals surface area contributed by atoms with Crippen molar-refractivity contribution in [3.63, 3.8) is 0 Å². The minimum Gasteiger partial charge on any atom is -0.390 e. The average molecular weight is 372 g/mol. The van der Waals surface area contributed by atoms with Gasteiger partial charge >= 0.3 is 0 Å². The fourth-order valence-corrected chi connectivity index (χ4v) is 3.54. The van der Waals surface area contributed by atoms with Gasteiger partial charge in [0.1, 0.15) is 12.2 Å². The van der Waals surface area contributed by atoms with Crippen LogP contribution in [0.2, 0.25) is 0 Å². The van der Waals surface area contributed by atoms with Crippen molar-refractivity contribution in [1.29, 1.82) is 0 Å². The predicted molar refractivity (Wildman–Crippen MR) is 94.5 cm³/mol. The maximum absolute atomic E-state index is 11.5. The van der Waals surface area contributed by atoms with Crippen LogP contribution in [0, 0.1) is 0 Å². The number of rotatable bonds is 9. The van der Waals surface area contributed by atoms with Gasteiger partial charge in [-0.3, -0.25) is 4.18 Å². The lowest BCUT2D eigenvalue weighted by Gasteiger charge is -2.38. The summed E-state index contributed by atoms with van der Waals surface area (Å²) in [7, 11) is -3.67. The van der Waals surface area contributed by atoms with Gasteiger partial charge in [-0.25, -0.2) is 0 Å². The summed E-state index contributed by atoms with van der Waals surface area (Å²) in [4.78, 5) is 0. The topological polar surface area (TPSA) is 82.1 Å². The van der Waals surface area contributed by atoms with Gasteiger partial charge < -0.3 is 14.6 Å². The molecular weight excluding hydrogens is 344 g/mol. The molecule has 0 radical (unpaired) electrons. The summed E-state index contributed by atoms with van der Waals surface area (Å²) in [5.41, 5.74) is 0.823. The smallest absolute Gasteiger partial charge is 0.264 e. The number of benzene rings is 1. The van der Waals surface area contributed by atoms with Crippen LogP contribution in [-0.4, -0.2) is 44.7 Å². The van der Waals surface area contributed by atoms with Gasteiger partial charge in [-0.15, -0.1) is 0 Å². The van der Waals surface area contributed by atoms with E-state index in [0.29, 0.717) is 6.42 Å². The number of aliphatic hydroxyl groups excluding tert-OH is 1. The number of unbranched alkanes of at least 4 members (excludes halogenated alkanes) is 3. The molecule has 1 aliphatic rings. The highest BCUT2D eigenvalue weighted by molar-refractivity contribution is 7.86. The van der Waals surface area contributed by atoms with Gasteiger partial charge in [-0.2, -0.15) is 8.42 Å². The largest absolute Gasteiger partial charge is 0.390 e. The quantitative estimate of drug-likeness (QED) is 0.530. The molecule has 25 heavy (non-hydrogen) atoms. The first-order chi connectivity index (χ1) is 11.9. The third-order valence-electron chi connectivity index (χ3n) is 4.16. The number of ether oxygens (including phenoxy) is 2. The van der Waals surface area contributed by atoms with Crippen molar-refractivity contribution in [3.8, 4) is 0 Å². The van der Waals surface area contributed by atoms with Gasteiger partial charge in [0.2, 0.25) is 0 Å². The molecule has 0 spiro atoms. The van der Waals surface area contributed by atoms with Gasteiger partial charge in [0.05, 0.1) is 19.0 Å². The van der Waals surface area contributed by atoms with E-state index in [1.807, 2.05) is 30.3 Å². The van der Waals surface area contributed by atoms with Crippen LogP contribution in [0.25, 0.3) is 0 Å². The van der Waals surface area contributed by atoms with Gasteiger partial charge in [0.15, 0.2) is 6.29 Å². The van der Waals surface area contributed by atoms with Gasteiger partial charge in [-0.05, 0) is 6.42 Å². The van der Waals surface area contributed by atoms with Crippen LogP contribution in [0.1, 0.15) is 50.9 Å². The van der Waals surface area contributed by atoms with Crippen LogP contribution < -0.4 is 0 Å². The Morgan fingerprint density at radius 3 is 2.60 bits per heavy atom. The Labute approximate surface area is 150 Å². The molecule has 1 aliphatic heterocycles. The Morgan fingerprint density at radius 1 is 1.24 bits per heavy atom. The zero-order valence-electron chi connectivity index (χ0n) is 14.8. The molecule has 0 aromatic heterocycles. The second-order valence-corrected chi connectivity index (χ2v) is 8.03. The molecule has 4 atom stereocenters. The molecule has 0 aliphatic carbocycles. The third-order valence-corrected chi connectivity index (χ3v) is 4.76. The van der Waals surface area contributed by atoms with E-state index in [2.05, 4.69) is 6.92 Å². The van der Waals surface area contributed by atoms with E-state index in [4.69, 9.17) is 13.7 Å². The summed E-state index contributed by atoms with van der Waals surface area (Å²) in [5.74, 6) is 0. The first-order valence-corrected chi connectivity index (χ1v) is 10.6. The molecule has 1 aromatic carbocycles. The van der Waals surface area contributed by atoms with Crippen molar-refractivity contribution < 1.29 is 27.2 Å². The first kappa shape index (κ1) is 20.3. The summed E-state index contributed by atoms with van der Waals surface area (Å²) in [6, 6.07) is 9.37. The van der Waals surface area contributed by atoms with Gasteiger partial charge in [0, 0.05) is 5.56 Å². The van der Waals surface area contributed by atoms with Crippen LogP contribution in [0.15, 0.2) is 30.3 Å². The molecule has 0 bridgehead atoms. The maximum atomic E-state index is 11.5. The van der Waals surface area contributed by atoms with Crippen molar-refractivity contribution in [2.24, 2.45) is 0 Å². The van der Waals surface area contributed by atoms with Crippen LogP contribution in [0.4, 0.5) is 0 Å². The molecule has 1 aromatic rings. The van der Waals surface area contributed by atoms with E-state index in [0.717, 1.165) is 37.5 Å². The molecule has 2 rings (SSSR count). The van der Waals surface area contributed by atoms with E-state index < -0.39 is 34.7 Å². The molecule has 6 nitrogen and oxygen atoms in total. The predicted octanol–water partition coefficient (Wildman–Crippen LogP) is 2.78. The highest BCUT2D eigenvalue weighted by atomic mass is 32.2. The fraction of sp³-hybridized carbons (Fsp3) is 0.667. The number of hydrogen-bond acceptors (Lipinski definition) is 6. The second-order valence-electron chi connectivity index (χ2n) is 6.43. The molecule has 1 saturated heterocycles. The van der Waals surface area contributed by atoms with E-state index in [9.17, 15) is 13.5 Å². The van der Waals surface area contributed by atoms with E-state index in [1.165, 1.54) is 0 Å². The van der Waals surface area contributed by atoms with E-state index in [1.54, 1.807) is 0 Å². The lowest BCUT2D eigenvalue weighted by molar-refractivity contribution is -0.270. The Balaban J connectivity index is 2.05. The van der Waals surface area contributed by atoms with Crippen LogP contribution >= 0.6 is 0 Å². The van der Waals surface area contributed by atoms with Crippen molar-refractivity contribution in [2.75, 3.05) is 12.9 Å². The zero-order chi connectivity index (χ0) is 18.3. The summed E-state index contributed by atoms with van der Waals surface area (Å²) >= 11 is 0. The molecule has 1 N–H and O–H groups in total. The summed E-state index contributed by atoms with van der Waals surface area (Å²) in [6.45, 7) is 2.17. The van der Waals surface area contributed by atoms with Gasteiger partial charge in [-0.1, -0.05) is 62.9 Å². The van der Waals surface area contributed by atoms with E-state index in [-0.39, 0.29) is 6.61 Å². The summed E-state index contributed by atoms with van der Waals surface area (Å²) < 4.78 is 39.6. The third kappa shape index (κ3) is 6.67. The SMILES string of the molecule is CCCCCC[C@@H](O)C1OC(c2ccccc2)OCC1OS(C)(=O)=O. The van der Waals surface area contributed by atoms with Crippen LogP contribution in [0.5, 0.6) is 0 Å². The van der Waals surface area contributed by atoms with Crippen molar-refractivity contribution in [1.82, 2.24) is 0 Å². The van der Waals surface area contributed by atoms with Crippen molar-refractivity contribution in [2.45, 2.75) is 63.6 Å². The number of aliphatic hydroxyl groups is 1. The summed E-state index contributed by atoms with van der Waals surface area (Å²) in [6.07, 6.45) is 2.57. The molecule has 1 fully saturated rings. The Kier molecular flexibility index (Phi) is 7.83. The summed E-state index contributed by atoms with van der Waals surface area (Å²) in [5, 5.41) is 10.5. The second kappa shape index (κ2) is 9.64. The minimum absolute atomic E-state index is 0.0450. The molecule has 3 unspecified atom stereocenters. The van der Waals surface area contributed by atoms with E-state index >= 15 is 0 Å². The van der Waals surface area contributed by atoms with Crippen molar-refractivity contribution >= 4 is 10.1 Å². The fourth-order valence-electron chi connectivity index (χ4n) is 2.92. The highest BCUT2D eigenvalue weighted by Gasteiger charge is 2.39. The van der Waals surface area contributed by atoms with Crippen LogP contribution in [0.3, 0.4) is 0 Å². The van der Waals surface area contributed by atoms with Gasteiger partial charge in [0.25, 0.3) is 10.1 Å². The first-order valence-electron chi connectivity index (χ1n) is 8.79. The maximum Gasteiger partial charge on any atom is 0.264 e. The minimum atomic E-state index is -3.67. The monoisotopic (exact) mass is 372 g/mol. The normalized spacial score (nSPS) is 25.6. The molecule has 0 saturated carbocycles. The Bertz CT molecular complexity index is 603. The number of hydrogen-bond donors (Lipinski definition) is 1. The molecule has 0 amide bonds. The lowest BCUT2D eigenvalue weighted by atomic mass is 10.0. The molecule has 7 heteroatoms. The standard InChI is InChI=1S/C18H28O6S/c1-3-4-5-9-12-15(19)17-16(24-25(2,20)21)13-22-18(23-17)14-10-7-6-8-11-14/h6-8,10-11,15-19H,3-5,9,12-13H2,1-2H3/t15-,16?,17?,18?/m1/s1. The van der Waals surface area contributed by atoms with Crippen molar-refractivity contribution in [3.05, 3.63) is 35.9 Å². The highest BCUT2D eigenvalue weighted by Crippen LogP contribution is 2.30.